The maximum absolute atomic E-state index is 12.5. The number of esters is 1. The summed E-state index contributed by atoms with van der Waals surface area (Å²) in [7, 11) is 0. The molecule has 0 bridgehead atoms. The van der Waals surface area contributed by atoms with Crippen LogP contribution in [0.5, 0.6) is 0 Å². The molecule has 1 atom stereocenters. The predicted molar refractivity (Wildman–Crippen MR) is 92.1 cm³/mol. The van der Waals surface area contributed by atoms with Gasteiger partial charge in [-0.05, 0) is 25.1 Å². The predicted octanol–water partition coefficient (Wildman–Crippen LogP) is 1.37. The molecular formula is C18H20N4O3. The van der Waals surface area contributed by atoms with Gasteiger partial charge in [0.1, 0.15) is 0 Å². The molecule has 1 aromatic carbocycles. The van der Waals surface area contributed by atoms with Crippen LogP contribution in [-0.2, 0) is 9.53 Å². The molecule has 0 spiro atoms. The first-order valence-electron chi connectivity index (χ1n) is 8.22. The van der Waals surface area contributed by atoms with Gasteiger partial charge in [0.25, 0.3) is 5.91 Å². The average molecular weight is 340 g/mol. The van der Waals surface area contributed by atoms with Crippen molar-refractivity contribution >= 4 is 17.8 Å². The molecule has 0 N–H and O–H groups in total. The first-order chi connectivity index (χ1) is 12.1. The fourth-order valence-corrected chi connectivity index (χ4v) is 2.69. The van der Waals surface area contributed by atoms with E-state index < -0.39 is 12.1 Å². The van der Waals surface area contributed by atoms with Crippen molar-refractivity contribution in [2.75, 3.05) is 31.1 Å². The normalized spacial score (nSPS) is 15.6. The van der Waals surface area contributed by atoms with Crippen LogP contribution in [0, 0.1) is 0 Å². The lowest BCUT2D eigenvalue weighted by molar-refractivity contribution is -0.140. The second kappa shape index (κ2) is 7.74. The molecule has 2 heterocycles. The molecule has 1 fully saturated rings. The molecule has 1 saturated heterocycles. The van der Waals surface area contributed by atoms with E-state index in [2.05, 4.69) is 9.97 Å². The molecule has 25 heavy (non-hydrogen) atoms. The topological polar surface area (TPSA) is 75.6 Å². The van der Waals surface area contributed by atoms with Gasteiger partial charge in [-0.2, -0.15) is 0 Å². The summed E-state index contributed by atoms with van der Waals surface area (Å²) >= 11 is 0. The molecule has 1 aromatic heterocycles. The van der Waals surface area contributed by atoms with Crippen molar-refractivity contribution in [2.24, 2.45) is 0 Å². The number of benzene rings is 1. The van der Waals surface area contributed by atoms with E-state index in [1.165, 1.54) is 0 Å². The molecular weight excluding hydrogens is 320 g/mol. The summed E-state index contributed by atoms with van der Waals surface area (Å²) in [6, 6.07) is 10.4. The van der Waals surface area contributed by atoms with Crippen LogP contribution in [0.3, 0.4) is 0 Å². The van der Waals surface area contributed by atoms with Crippen LogP contribution >= 0.6 is 0 Å². The van der Waals surface area contributed by atoms with E-state index in [1.807, 2.05) is 11.0 Å². The van der Waals surface area contributed by atoms with Crippen LogP contribution in [0.25, 0.3) is 0 Å². The van der Waals surface area contributed by atoms with Gasteiger partial charge in [0.2, 0.25) is 5.95 Å². The average Bonchev–Trinajstić information content (AvgIpc) is 2.69. The van der Waals surface area contributed by atoms with Gasteiger partial charge in [-0.25, -0.2) is 14.8 Å². The summed E-state index contributed by atoms with van der Waals surface area (Å²) in [6.07, 6.45) is 2.59. The van der Waals surface area contributed by atoms with E-state index in [0.717, 1.165) is 0 Å². The summed E-state index contributed by atoms with van der Waals surface area (Å²) < 4.78 is 5.29. The Balaban J connectivity index is 1.53. The number of amides is 1. The standard InChI is InChI=1S/C18H20N4O3/c1-14(25-17(24)15-6-3-2-4-7-15)16(23)21-10-12-22(13-11-21)18-19-8-5-9-20-18/h2-9,14H,10-13H2,1H3/t14-/m1/s1. The molecule has 0 unspecified atom stereocenters. The zero-order valence-electron chi connectivity index (χ0n) is 14.0. The van der Waals surface area contributed by atoms with E-state index in [9.17, 15) is 9.59 Å². The largest absolute Gasteiger partial charge is 0.449 e. The van der Waals surface area contributed by atoms with Crippen molar-refractivity contribution in [3.63, 3.8) is 0 Å². The van der Waals surface area contributed by atoms with Crippen LogP contribution in [0.2, 0.25) is 0 Å². The van der Waals surface area contributed by atoms with Gasteiger partial charge >= 0.3 is 5.97 Å². The van der Waals surface area contributed by atoms with Crippen molar-refractivity contribution in [2.45, 2.75) is 13.0 Å². The number of hydrogen-bond donors (Lipinski definition) is 0. The smallest absolute Gasteiger partial charge is 0.338 e. The van der Waals surface area contributed by atoms with Crippen LogP contribution in [0.4, 0.5) is 5.95 Å². The van der Waals surface area contributed by atoms with Gasteiger partial charge in [-0.1, -0.05) is 18.2 Å². The highest BCUT2D eigenvalue weighted by atomic mass is 16.5. The highest BCUT2D eigenvalue weighted by Gasteiger charge is 2.28. The molecule has 0 aliphatic carbocycles. The number of carbonyl (C=O) groups is 2. The summed E-state index contributed by atoms with van der Waals surface area (Å²) in [5.74, 6) is -0.00571. The molecule has 0 radical (unpaired) electrons. The minimum absolute atomic E-state index is 0.182. The monoisotopic (exact) mass is 340 g/mol. The van der Waals surface area contributed by atoms with Crippen LogP contribution < -0.4 is 4.90 Å². The third-order valence-corrected chi connectivity index (χ3v) is 4.07. The third kappa shape index (κ3) is 4.12. The zero-order valence-corrected chi connectivity index (χ0v) is 14.0. The quantitative estimate of drug-likeness (QED) is 0.783. The maximum Gasteiger partial charge on any atom is 0.338 e. The van der Waals surface area contributed by atoms with Crippen molar-refractivity contribution in [1.82, 2.24) is 14.9 Å². The second-order valence-corrected chi connectivity index (χ2v) is 5.77. The Bertz CT molecular complexity index is 716. The van der Waals surface area contributed by atoms with Crippen molar-refractivity contribution < 1.29 is 14.3 Å². The Labute approximate surface area is 146 Å². The summed E-state index contributed by atoms with van der Waals surface area (Å²) in [5.41, 5.74) is 0.438. The number of nitrogens with zero attached hydrogens (tertiary/aromatic N) is 4. The summed E-state index contributed by atoms with van der Waals surface area (Å²) in [4.78, 5) is 36.8. The third-order valence-electron chi connectivity index (χ3n) is 4.07. The first kappa shape index (κ1) is 16.9. The number of rotatable bonds is 4. The molecule has 2 aromatic rings. The van der Waals surface area contributed by atoms with E-state index in [1.54, 1.807) is 54.5 Å². The van der Waals surface area contributed by atoms with Gasteiger partial charge in [0, 0.05) is 38.6 Å². The number of aromatic nitrogens is 2. The summed E-state index contributed by atoms with van der Waals surface area (Å²) in [5, 5.41) is 0. The van der Waals surface area contributed by atoms with E-state index in [-0.39, 0.29) is 5.91 Å². The fraction of sp³-hybridized carbons (Fsp3) is 0.333. The molecule has 3 rings (SSSR count). The lowest BCUT2D eigenvalue weighted by atomic mass is 10.2. The Morgan fingerprint density at radius 2 is 1.64 bits per heavy atom. The number of carbonyl (C=O) groups excluding carboxylic acids is 2. The number of hydrogen-bond acceptors (Lipinski definition) is 6. The van der Waals surface area contributed by atoms with E-state index in [4.69, 9.17) is 4.74 Å². The van der Waals surface area contributed by atoms with Crippen molar-refractivity contribution in [1.29, 1.82) is 0 Å². The minimum Gasteiger partial charge on any atom is -0.449 e. The second-order valence-electron chi connectivity index (χ2n) is 5.77. The van der Waals surface area contributed by atoms with Gasteiger partial charge in [0.05, 0.1) is 5.56 Å². The number of ether oxygens (including phenoxy) is 1. The molecule has 1 aliphatic rings. The molecule has 7 heteroatoms. The fourth-order valence-electron chi connectivity index (χ4n) is 2.69. The van der Waals surface area contributed by atoms with Crippen LogP contribution in [0.15, 0.2) is 48.8 Å². The zero-order chi connectivity index (χ0) is 17.6. The van der Waals surface area contributed by atoms with Crippen molar-refractivity contribution in [3.05, 3.63) is 54.4 Å². The Kier molecular flexibility index (Phi) is 5.23. The number of piperazine rings is 1. The lowest BCUT2D eigenvalue weighted by Gasteiger charge is -2.35. The first-order valence-corrected chi connectivity index (χ1v) is 8.22. The van der Waals surface area contributed by atoms with Crippen LogP contribution in [0.1, 0.15) is 17.3 Å². The summed E-state index contributed by atoms with van der Waals surface area (Å²) in [6.45, 7) is 3.99. The van der Waals surface area contributed by atoms with Gasteiger partial charge in [-0.15, -0.1) is 0 Å². The maximum atomic E-state index is 12.5. The lowest BCUT2D eigenvalue weighted by Crippen LogP contribution is -2.52. The minimum atomic E-state index is -0.813. The van der Waals surface area contributed by atoms with Gasteiger partial charge < -0.3 is 14.5 Å². The van der Waals surface area contributed by atoms with Crippen molar-refractivity contribution in [3.8, 4) is 0 Å². The van der Waals surface area contributed by atoms with E-state index in [0.29, 0.717) is 37.7 Å². The number of anilines is 1. The Hall–Kier alpha value is -2.96. The molecule has 7 nitrogen and oxygen atoms in total. The Morgan fingerprint density at radius 3 is 2.28 bits per heavy atom. The highest BCUT2D eigenvalue weighted by molar-refractivity contribution is 5.92. The Morgan fingerprint density at radius 1 is 1.00 bits per heavy atom. The van der Waals surface area contributed by atoms with Gasteiger partial charge in [0.15, 0.2) is 6.10 Å². The molecule has 1 aliphatic heterocycles. The SMILES string of the molecule is C[C@@H](OC(=O)c1ccccc1)C(=O)N1CCN(c2ncccn2)CC1. The molecule has 130 valence electrons. The van der Waals surface area contributed by atoms with E-state index >= 15 is 0 Å². The molecule has 0 saturated carbocycles. The van der Waals surface area contributed by atoms with Crippen LogP contribution in [-0.4, -0.2) is 59.0 Å². The van der Waals surface area contributed by atoms with Gasteiger partial charge in [-0.3, -0.25) is 4.79 Å². The molecule has 1 amide bonds. The highest BCUT2D eigenvalue weighted by Crippen LogP contribution is 2.12.